The van der Waals surface area contributed by atoms with Crippen molar-refractivity contribution in [1.82, 2.24) is 19.2 Å². The molecule has 1 aromatic carbocycles. The van der Waals surface area contributed by atoms with Crippen molar-refractivity contribution >= 4 is 12.2 Å². The van der Waals surface area contributed by atoms with Gasteiger partial charge in [-0.2, -0.15) is 5.10 Å². The number of hydrogen-bond acceptors (Lipinski definition) is 5. The summed E-state index contributed by atoms with van der Waals surface area (Å²) in [7, 11) is 5.31. The van der Waals surface area contributed by atoms with Crippen LogP contribution in [0.2, 0.25) is 0 Å². The Labute approximate surface area is 141 Å². The molecule has 0 bridgehead atoms. The zero-order chi connectivity index (χ0) is 16.8. The van der Waals surface area contributed by atoms with Crippen LogP contribution in [0.15, 0.2) is 37.2 Å². The van der Waals surface area contributed by atoms with Gasteiger partial charge in [-0.3, -0.25) is 4.90 Å². The van der Waals surface area contributed by atoms with Gasteiger partial charge in [-0.1, -0.05) is 12.1 Å². The summed E-state index contributed by atoms with van der Waals surface area (Å²) >= 11 is 5.40. The summed E-state index contributed by atoms with van der Waals surface area (Å²) in [6, 6.07) is 5.81. The Morgan fingerprint density at radius 2 is 2.13 bits per heavy atom. The van der Waals surface area contributed by atoms with Crippen LogP contribution >= 0.6 is 12.2 Å². The fourth-order valence-electron chi connectivity index (χ4n) is 2.28. The van der Waals surface area contributed by atoms with Crippen LogP contribution in [-0.2, 0) is 19.8 Å². The number of rotatable bonds is 8. The number of nitrogens with zero attached hydrogens (tertiary/aromatic N) is 4. The third-order valence-corrected chi connectivity index (χ3v) is 3.88. The van der Waals surface area contributed by atoms with Gasteiger partial charge in [-0.25, -0.2) is 4.68 Å². The number of hydrogen-bond donors (Lipinski definition) is 0. The Bertz CT molecular complexity index is 723. The van der Waals surface area contributed by atoms with Crippen molar-refractivity contribution in [3.63, 3.8) is 0 Å². The van der Waals surface area contributed by atoms with Gasteiger partial charge in [0.1, 0.15) is 17.8 Å². The summed E-state index contributed by atoms with van der Waals surface area (Å²) in [5.74, 6) is 1.58. The van der Waals surface area contributed by atoms with Crippen molar-refractivity contribution in [1.29, 1.82) is 0 Å². The molecule has 0 aliphatic heterocycles. The lowest BCUT2D eigenvalue weighted by atomic mass is 10.2. The Hall–Kier alpha value is -2.12. The fourth-order valence-corrected chi connectivity index (χ4v) is 2.51. The monoisotopic (exact) mass is 334 g/mol. The average molecular weight is 334 g/mol. The SMILES string of the molecule is C=CCn1cnn(CN(C)Cc2ccc(OC)cc2OC)c1=S. The second-order valence-corrected chi connectivity index (χ2v) is 5.55. The van der Waals surface area contributed by atoms with Gasteiger partial charge in [-0.15, -0.1) is 6.58 Å². The van der Waals surface area contributed by atoms with Crippen molar-refractivity contribution in [3.8, 4) is 11.5 Å². The fraction of sp³-hybridized carbons (Fsp3) is 0.375. The zero-order valence-electron chi connectivity index (χ0n) is 13.7. The molecule has 1 heterocycles. The third-order valence-electron chi connectivity index (χ3n) is 3.43. The largest absolute Gasteiger partial charge is 0.497 e. The number of allylic oxidation sites excluding steroid dienone is 1. The molecule has 0 saturated carbocycles. The molecule has 0 amide bonds. The number of ether oxygens (including phenoxy) is 2. The normalized spacial score (nSPS) is 10.8. The Morgan fingerprint density at radius 1 is 1.35 bits per heavy atom. The third kappa shape index (κ3) is 4.20. The Kier molecular flexibility index (Phi) is 5.95. The molecule has 0 aliphatic carbocycles. The Balaban J connectivity index is 2.09. The lowest BCUT2D eigenvalue weighted by Gasteiger charge is -2.18. The van der Waals surface area contributed by atoms with E-state index in [1.807, 2.05) is 29.8 Å². The topological polar surface area (TPSA) is 44.5 Å². The van der Waals surface area contributed by atoms with Crippen molar-refractivity contribution in [2.24, 2.45) is 0 Å². The molecule has 0 atom stereocenters. The molecule has 0 aliphatic rings. The van der Waals surface area contributed by atoms with Gasteiger partial charge >= 0.3 is 0 Å². The molecular formula is C16H22N4O2S. The van der Waals surface area contributed by atoms with E-state index in [0.29, 0.717) is 24.5 Å². The zero-order valence-corrected chi connectivity index (χ0v) is 14.5. The van der Waals surface area contributed by atoms with Crippen LogP contribution < -0.4 is 9.47 Å². The smallest absolute Gasteiger partial charge is 0.199 e. The molecule has 0 fully saturated rings. The average Bonchev–Trinajstić information content (AvgIpc) is 2.89. The first-order valence-corrected chi connectivity index (χ1v) is 7.62. The molecule has 0 N–H and O–H groups in total. The quantitative estimate of drug-likeness (QED) is 0.549. The Morgan fingerprint density at radius 3 is 2.78 bits per heavy atom. The summed E-state index contributed by atoms with van der Waals surface area (Å²) in [6.45, 7) is 5.69. The van der Waals surface area contributed by atoms with Crippen LogP contribution in [0.1, 0.15) is 5.56 Å². The highest BCUT2D eigenvalue weighted by Gasteiger charge is 2.10. The maximum Gasteiger partial charge on any atom is 0.199 e. The number of methoxy groups -OCH3 is 2. The van der Waals surface area contributed by atoms with E-state index < -0.39 is 0 Å². The minimum absolute atomic E-state index is 0.595. The highest BCUT2D eigenvalue weighted by Crippen LogP contribution is 2.25. The maximum atomic E-state index is 5.43. The first kappa shape index (κ1) is 17.2. The first-order valence-electron chi connectivity index (χ1n) is 7.21. The molecule has 2 aromatic rings. The van der Waals surface area contributed by atoms with Gasteiger partial charge in [0.05, 0.1) is 20.9 Å². The van der Waals surface area contributed by atoms with E-state index in [-0.39, 0.29) is 0 Å². The van der Waals surface area contributed by atoms with E-state index in [0.717, 1.165) is 17.1 Å². The molecule has 2 rings (SSSR count). The van der Waals surface area contributed by atoms with E-state index >= 15 is 0 Å². The van der Waals surface area contributed by atoms with Crippen LogP contribution in [0.25, 0.3) is 0 Å². The van der Waals surface area contributed by atoms with Gasteiger partial charge in [0.2, 0.25) is 0 Å². The number of aromatic nitrogens is 3. The van der Waals surface area contributed by atoms with Crippen molar-refractivity contribution in [3.05, 3.63) is 47.5 Å². The van der Waals surface area contributed by atoms with Crippen LogP contribution in [0.3, 0.4) is 0 Å². The predicted octanol–water partition coefficient (Wildman–Crippen LogP) is 2.71. The van der Waals surface area contributed by atoms with E-state index in [9.17, 15) is 0 Å². The highest BCUT2D eigenvalue weighted by atomic mass is 32.1. The molecule has 124 valence electrons. The molecule has 7 heteroatoms. The van der Waals surface area contributed by atoms with Gasteiger partial charge < -0.3 is 14.0 Å². The van der Waals surface area contributed by atoms with E-state index in [4.69, 9.17) is 21.7 Å². The van der Waals surface area contributed by atoms with Gasteiger partial charge in [0, 0.05) is 24.7 Å². The number of benzene rings is 1. The standard InChI is InChI=1S/C16H22N4O2S/c1-5-8-19-11-17-20(16(19)23)12-18(2)10-13-6-7-14(21-3)9-15(13)22-4/h5-7,9,11H,1,8,10,12H2,2-4H3. The van der Waals surface area contributed by atoms with Gasteiger partial charge in [0.15, 0.2) is 4.77 Å². The van der Waals surface area contributed by atoms with E-state index in [1.54, 1.807) is 31.3 Å². The van der Waals surface area contributed by atoms with Crippen LogP contribution in [0.4, 0.5) is 0 Å². The van der Waals surface area contributed by atoms with Gasteiger partial charge in [0.25, 0.3) is 0 Å². The summed E-state index contributed by atoms with van der Waals surface area (Å²) in [5, 5.41) is 4.32. The predicted molar refractivity (Wildman–Crippen MR) is 92.3 cm³/mol. The minimum Gasteiger partial charge on any atom is -0.497 e. The van der Waals surface area contributed by atoms with E-state index in [1.165, 1.54) is 0 Å². The van der Waals surface area contributed by atoms with Crippen molar-refractivity contribution in [2.75, 3.05) is 21.3 Å². The second kappa shape index (κ2) is 7.94. The van der Waals surface area contributed by atoms with Gasteiger partial charge in [-0.05, 0) is 25.3 Å². The lowest BCUT2D eigenvalue weighted by molar-refractivity contribution is 0.240. The molecular weight excluding hydrogens is 312 g/mol. The lowest BCUT2D eigenvalue weighted by Crippen LogP contribution is -2.23. The molecule has 1 aromatic heterocycles. The maximum absolute atomic E-state index is 5.43. The molecule has 0 unspecified atom stereocenters. The molecule has 0 radical (unpaired) electrons. The van der Waals surface area contributed by atoms with E-state index in [2.05, 4.69) is 16.6 Å². The van der Waals surface area contributed by atoms with Crippen LogP contribution in [-0.4, -0.2) is 40.5 Å². The summed E-state index contributed by atoms with van der Waals surface area (Å²) in [4.78, 5) is 2.12. The molecule has 23 heavy (non-hydrogen) atoms. The molecule has 6 nitrogen and oxygen atoms in total. The molecule has 0 spiro atoms. The summed E-state index contributed by atoms with van der Waals surface area (Å²) in [6.07, 6.45) is 3.53. The van der Waals surface area contributed by atoms with Crippen molar-refractivity contribution in [2.45, 2.75) is 19.8 Å². The first-order chi connectivity index (χ1) is 11.1. The highest BCUT2D eigenvalue weighted by molar-refractivity contribution is 7.71. The molecule has 0 saturated heterocycles. The van der Waals surface area contributed by atoms with Crippen molar-refractivity contribution < 1.29 is 9.47 Å². The summed E-state index contributed by atoms with van der Waals surface area (Å²) in [5.41, 5.74) is 1.08. The second-order valence-electron chi connectivity index (χ2n) is 5.19. The van der Waals surface area contributed by atoms with Crippen LogP contribution in [0, 0.1) is 4.77 Å². The van der Waals surface area contributed by atoms with Crippen LogP contribution in [0.5, 0.6) is 11.5 Å². The minimum atomic E-state index is 0.595. The summed E-state index contributed by atoms with van der Waals surface area (Å²) < 4.78 is 15.0.